The van der Waals surface area contributed by atoms with E-state index in [0.29, 0.717) is 44.3 Å². The van der Waals surface area contributed by atoms with Crippen LogP contribution in [0.25, 0.3) is 142 Å². The molecule has 0 amide bonds. The summed E-state index contributed by atoms with van der Waals surface area (Å²) in [5, 5.41) is 7.31. The van der Waals surface area contributed by atoms with Crippen LogP contribution in [0.4, 0.5) is 26.3 Å². The number of benzene rings is 11. The summed E-state index contributed by atoms with van der Waals surface area (Å²) in [6.45, 7) is 0. The molecule has 0 fully saturated rings. The molecule has 0 aliphatic carbocycles. The summed E-state index contributed by atoms with van der Waals surface area (Å²) in [5.41, 5.74) is 11.9. The molecule has 0 spiro atoms. The van der Waals surface area contributed by atoms with Crippen LogP contribution in [0, 0.1) is 0 Å². The van der Waals surface area contributed by atoms with Gasteiger partial charge in [0.25, 0.3) is 0 Å². The van der Waals surface area contributed by atoms with Crippen molar-refractivity contribution in [2.24, 2.45) is 0 Å². The van der Waals surface area contributed by atoms with Crippen molar-refractivity contribution in [2.75, 3.05) is 0 Å². The van der Waals surface area contributed by atoms with E-state index in [1.165, 1.54) is 24.3 Å². The Balaban J connectivity index is 1.06. The lowest BCUT2D eigenvalue weighted by Crippen LogP contribution is -2.04. The first-order chi connectivity index (χ1) is 38.5. The van der Waals surface area contributed by atoms with E-state index >= 15 is 0 Å². The number of fused-ring (bicyclic) bond motifs is 13. The number of hydrogen-bond donors (Lipinski definition) is 0. The van der Waals surface area contributed by atoms with Gasteiger partial charge in [-0.3, -0.25) is 0 Å². The second kappa shape index (κ2) is 17.5. The third kappa shape index (κ3) is 7.37. The summed E-state index contributed by atoms with van der Waals surface area (Å²) >= 11 is 1.66. The highest BCUT2D eigenvalue weighted by Crippen LogP contribution is 2.51. The van der Waals surface area contributed by atoms with E-state index in [-0.39, 0.29) is 0 Å². The van der Waals surface area contributed by atoms with Gasteiger partial charge >= 0.3 is 12.4 Å². The highest BCUT2D eigenvalue weighted by Gasteiger charge is 2.32. The molecule has 0 bridgehead atoms. The van der Waals surface area contributed by atoms with E-state index < -0.39 is 23.5 Å². The second-order valence-corrected chi connectivity index (χ2v) is 20.8. The van der Waals surface area contributed by atoms with Crippen molar-refractivity contribution in [1.29, 1.82) is 0 Å². The molecule has 0 radical (unpaired) electrons. The van der Waals surface area contributed by atoms with E-state index in [9.17, 15) is 26.3 Å². The molecular weight excluding hydrogens is 1020 g/mol. The third-order valence-electron chi connectivity index (χ3n) is 15.4. The maximum absolute atomic E-state index is 13.8. The van der Waals surface area contributed by atoms with Gasteiger partial charge in [-0.15, -0.1) is 11.3 Å². The van der Waals surface area contributed by atoms with Crippen molar-refractivity contribution in [3.63, 3.8) is 0 Å². The molecule has 0 atom stereocenters. The summed E-state index contributed by atoms with van der Waals surface area (Å²) < 4.78 is 87.4. The fraction of sp³-hybridized carbons (Fsp3) is 0.0294. The number of rotatable bonds is 6. The fourth-order valence-corrected chi connectivity index (χ4v) is 13.1. The van der Waals surface area contributed by atoms with Gasteiger partial charge in [-0.1, -0.05) is 146 Å². The SMILES string of the molecule is FC(F)(F)c1ccc(-c2ccc3c(c2)c2cc(-c4ccc(C(F)(F)F)cc4)ccc2c2nc4c(-c5cccc6c5c5ccccc5n6-c5ccccc5)sc(-c5cccc6c5c5ccccc5n6-c5ccccc5)c4nc32)cc1. The molecule has 11 heteroatoms. The number of aromatic nitrogens is 4. The van der Waals surface area contributed by atoms with Crippen LogP contribution in [-0.2, 0) is 12.4 Å². The van der Waals surface area contributed by atoms with Crippen LogP contribution >= 0.6 is 11.3 Å². The van der Waals surface area contributed by atoms with Crippen LogP contribution in [0.2, 0.25) is 0 Å². The minimum Gasteiger partial charge on any atom is -0.309 e. The zero-order valence-electron chi connectivity index (χ0n) is 41.4. The molecule has 15 rings (SSSR count). The number of thiophene rings is 1. The molecule has 378 valence electrons. The number of nitrogens with zero attached hydrogens (tertiary/aromatic N) is 4. The third-order valence-corrected chi connectivity index (χ3v) is 16.6. The molecule has 4 heterocycles. The molecule has 4 nitrogen and oxygen atoms in total. The van der Waals surface area contributed by atoms with Gasteiger partial charge in [0.1, 0.15) is 11.0 Å². The Morgan fingerprint density at radius 1 is 0.304 bits per heavy atom. The van der Waals surface area contributed by atoms with Crippen LogP contribution in [-0.4, -0.2) is 19.1 Å². The fourth-order valence-electron chi connectivity index (χ4n) is 11.8. The predicted octanol–water partition coefficient (Wildman–Crippen LogP) is 20.1. The molecule has 0 saturated carbocycles. The first kappa shape index (κ1) is 46.7. The van der Waals surface area contributed by atoms with Crippen molar-refractivity contribution in [1.82, 2.24) is 19.1 Å². The standard InChI is InChI=1S/C68H38F6N4S/c69-67(70,71)43-31-25-39(26-32-43)41-29-35-47-53(37-41)54-38-42(40-27-33-44(34-28-40)68(72,73)74)30-36-48(54)62-61(47)75-63-64(76-62)66(52-20-12-24-58-60(52)50-18-8-10-22-56(50)78(58)46-15-5-2-6-16-46)79-65(63)51-19-11-23-57-59(51)49-17-7-9-21-55(49)77(57)45-13-3-1-4-14-45/h1-38H. The largest absolute Gasteiger partial charge is 0.416 e. The van der Waals surface area contributed by atoms with Crippen molar-refractivity contribution in [3.8, 4) is 54.5 Å². The van der Waals surface area contributed by atoms with E-state index in [4.69, 9.17) is 9.97 Å². The van der Waals surface area contributed by atoms with E-state index in [1.807, 2.05) is 72.8 Å². The van der Waals surface area contributed by atoms with E-state index in [2.05, 4.69) is 118 Å². The summed E-state index contributed by atoms with van der Waals surface area (Å²) in [4.78, 5) is 13.4. The van der Waals surface area contributed by atoms with Gasteiger partial charge in [0.15, 0.2) is 0 Å². The summed E-state index contributed by atoms with van der Waals surface area (Å²) in [6.07, 6.45) is -9.01. The first-order valence-electron chi connectivity index (χ1n) is 25.6. The van der Waals surface area contributed by atoms with Crippen molar-refractivity contribution in [2.45, 2.75) is 12.4 Å². The van der Waals surface area contributed by atoms with Crippen LogP contribution < -0.4 is 0 Å². The lowest BCUT2D eigenvalue weighted by Gasteiger charge is -2.14. The zero-order chi connectivity index (χ0) is 53.3. The topological polar surface area (TPSA) is 35.6 Å². The Kier molecular flexibility index (Phi) is 10.3. The van der Waals surface area contributed by atoms with Gasteiger partial charge < -0.3 is 9.13 Å². The summed E-state index contributed by atoms with van der Waals surface area (Å²) in [7, 11) is 0. The molecule has 0 N–H and O–H groups in total. The second-order valence-electron chi connectivity index (χ2n) is 19.8. The van der Waals surface area contributed by atoms with Crippen LogP contribution in [0.5, 0.6) is 0 Å². The average Bonchev–Trinajstić information content (AvgIpc) is 4.03. The van der Waals surface area contributed by atoms with Gasteiger partial charge in [-0.2, -0.15) is 26.3 Å². The molecule has 79 heavy (non-hydrogen) atoms. The number of alkyl halides is 6. The Morgan fingerprint density at radius 2 is 0.671 bits per heavy atom. The summed E-state index contributed by atoms with van der Waals surface area (Å²) in [6, 6.07) is 72.3. The van der Waals surface area contributed by atoms with Crippen LogP contribution in [0.3, 0.4) is 0 Å². The van der Waals surface area contributed by atoms with Crippen molar-refractivity contribution in [3.05, 3.63) is 242 Å². The van der Waals surface area contributed by atoms with Gasteiger partial charge in [0.05, 0.1) is 54.0 Å². The predicted molar refractivity (Wildman–Crippen MR) is 310 cm³/mol. The van der Waals surface area contributed by atoms with E-state index in [0.717, 1.165) is 122 Å². The summed E-state index contributed by atoms with van der Waals surface area (Å²) in [5.74, 6) is 0. The zero-order valence-corrected chi connectivity index (χ0v) is 42.2. The molecule has 11 aromatic carbocycles. The van der Waals surface area contributed by atoms with E-state index in [1.54, 1.807) is 11.3 Å². The van der Waals surface area contributed by atoms with Gasteiger partial charge in [0.2, 0.25) is 0 Å². The smallest absolute Gasteiger partial charge is 0.309 e. The molecule has 15 aromatic rings. The average molecular weight is 1060 g/mol. The number of halogens is 6. The molecule has 4 aromatic heterocycles. The number of para-hydroxylation sites is 4. The first-order valence-corrected chi connectivity index (χ1v) is 26.4. The van der Waals surface area contributed by atoms with Crippen LogP contribution in [0.1, 0.15) is 11.1 Å². The lowest BCUT2D eigenvalue weighted by atomic mass is 9.92. The maximum Gasteiger partial charge on any atom is 0.416 e. The molecule has 0 aliphatic rings. The maximum atomic E-state index is 13.8. The van der Waals surface area contributed by atoms with Crippen molar-refractivity contribution < 1.29 is 26.3 Å². The van der Waals surface area contributed by atoms with Gasteiger partial charge in [0, 0.05) is 54.8 Å². The normalized spacial score (nSPS) is 12.4. The Labute approximate surface area is 450 Å². The monoisotopic (exact) mass is 1060 g/mol. The number of hydrogen-bond acceptors (Lipinski definition) is 3. The molecular formula is C68H38F6N4S. The highest BCUT2D eigenvalue weighted by atomic mass is 32.1. The van der Waals surface area contributed by atoms with Crippen molar-refractivity contribution >= 4 is 98.6 Å². The van der Waals surface area contributed by atoms with Gasteiger partial charge in [-0.05, 0) is 118 Å². The van der Waals surface area contributed by atoms with Crippen LogP contribution in [0.15, 0.2) is 231 Å². The molecule has 0 unspecified atom stereocenters. The highest BCUT2D eigenvalue weighted by molar-refractivity contribution is 7.21. The Hall–Kier alpha value is -9.58. The minimum atomic E-state index is -4.51. The Morgan fingerprint density at radius 3 is 1.08 bits per heavy atom. The quantitative estimate of drug-likeness (QED) is 0.123. The molecule has 0 aliphatic heterocycles. The molecule has 0 saturated heterocycles. The van der Waals surface area contributed by atoms with Gasteiger partial charge in [-0.25, -0.2) is 9.97 Å². The lowest BCUT2D eigenvalue weighted by molar-refractivity contribution is -0.138. The Bertz CT molecular complexity index is 4650. The minimum absolute atomic E-state index is 0.582.